The molecule has 1 heterocycles. The minimum atomic E-state index is -4.83. The summed E-state index contributed by atoms with van der Waals surface area (Å²) in [6, 6.07) is 11.7. The van der Waals surface area contributed by atoms with Crippen LogP contribution in [0.3, 0.4) is 0 Å². The largest absolute Gasteiger partial charge is 0.573 e. The van der Waals surface area contributed by atoms with Gasteiger partial charge in [-0.3, -0.25) is 0 Å². The Balaban J connectivity index is 1.24. The van der Waals surface area contributed by atoms with Crippen molar-refractivity contribution in [1.29, 1.82) is 0 Å². The van der Waals surface area contributed by atoms with Crippen molar-refractivity contribution in [2.24, 2.45) is 17.7 Å². The van der Waals surface area contributed by atoms with Gasteiger partial charge in [0.05, 0.1) is 10.4 Å². The number of aromatic nitrogens is 2. The Hall–Kier alpha value is -3.16. The fourth-order valence-electron chi connectivity index (χ4n) is 4.27. The number of fused-ring (bicyclic) bond motifs is 1. The number of benzene rings is 2. The first-order chi connectivity index (χ1) is 17.1. The van der Waals surface area contributed by atoms with E-state index in [1.807, 2.05) is 24.3 Å². The van der Waals surface area contributed by atoms with Gasteiger partial charge >= 0.3 is 6.36 Å². The second-order valence-electron chi connectivity index (χ2n) is 8.70. The van der Waals surface area contributed by atoms with Gasteiger partial charge in [-0.25, -0.2) is 24.0 Å². The van der Waals surface area contributed by atoms with Crippen LogP contribution < -0.4 is 26.0 Å². The standard InChI is InChI=1S/C23H27F3N6O3S/c24-23(25,26)35-17-9-11-18(12-10-17)36(33,34)29-14-16-7-5-15(6-8-16)13-28-22-30-20-4-2-1-3-19(20)21(31-22)32-27/h1-4,9-12,15-16,29H,5-8,13-14,27H2,(H2,28,30,31,32)/t15-,16-. The van der Waals surface area contributed by atoms with Crippen LogP contribution in [-0.2, 0) is 10.0 Å². The van der Waals surface area contributed by atoms with Crippen LogP contribution in [0, 0.1) is 11.8 Å². The van der Waals surface area contributed by atoms with Crippen molar-refractivity contribution >= 4 is 32.7 Å². The van der Waals surface area contributed by atoms with E-state index in [4.69, 9.17) is 5.84 Å². The third-order valence-corrected chi connectivity index (χ3v) is 7.62. The molecule has 0 atom stereocenters. The minimum Gasteiger partial charge on any atom is -0.406 e. The molecule has 4 rings (SSSR count). The van der Waals surface area contributed by atoms with E-state index in [0.29, 0.717) is 24.2 Å². The number of halogens is 3. The Morgan fingerprint density at radius 3 is 2.22 bits per heavy atom. The summed E-state index contributed by atoms with van der Waals surface area (Å²) in [6.45, 7) is 0.954. The number of sulfonamides is 1. The zero-order valence-electron chi connectivity index (χ0n) is 19.3. The maximum absolute atomic E-state index is 12.5. The molecular formula is C23H27F3N6O3S. The lowest BCUT2D eigenvalue weighted by molar-refractivity contribution is -0.274. The van der Waals surface area contributed by atoms with Crippen LogP contribution in [0.15, 0.2) is 53.4 Å². The van der Waals surface area contributed by atoms with Crippen LogP contribution in [0.4, 0.5) is 24.9 Å². The molecular weight excluding hydrogens is 497 g/mol. The van der Waals surface area contributed by atoms with Gasteiger partial charge < -0.3 is 15.5 Å². The van der Waals surface area contributed by atoms with Gasteiger partial charge in [0, 0.05) is 18.5 Å². The van der Waals surface area contributed by atoms with Crippen molar-refractivity contribution in [3.05, 3.63) is 48.5 Å². The van der Waals surface area contributed by atoms with Crippen molar-refractivity contribution in [3.63, 3.8) is 0 Å². The number of hydrazine groups is 1. The number of ether oxygens (including phenoxy) is 1. The lowest BCUT2D eigenvalue weighted by Crippen LogP contribution is -2.32. The predicted molar refractivity (Wildman–Crippen MR) is 130 cm³/mol. The molecule has 0 amide bonds. The SMILES string of the molecule is NNc1nc(NC[C@H]2CC[C@H](CNS(=O)(=O)c3ccc(OC(F)(F)F)cc3)CC2)nc2ccccc12. The monoisotopic (exact) mass is 524 g/mol. The Labute approximate surface area is 206 Å². The molecule has 0 radical (unpaired) electrons. The van der Waals surface area contributed by atoms with E-state index < -0.39 is 22.1 Å². The number of para-hydroxylation sites is 1. The third kappa shape index (κ3) is 6.74. The molecule has 0 saturated heterocycles. The summed E-state index contributed by atoms with van der Waals surface area (Å²) in [7, 11) is -3.84. The number of rotatable bonds is 9. The lowest BCUT2D eigenvalue weighted by atomic mass is 9.82. The highest BCUT2D eigenvalue weighted by Crippen LogP contribution is 2.30. The summed E-state index contributed by atoms with van der Waals surface area (Å²) < 4.78 is 68.2. The minimum absolute atomic E-state index is 0.114. The van der Waals surface area contributed by atoms with Gasteiger partial charge in [0.1, 0.15) is 5.75 Å². The lowest BCUT2D eigenvalue weighted by Gasteiger charge is -2.28. The number of hydrogen-bond acceptors (Lipinski definition) is 8. The summed E-state index contributed by atoms with van der Waals surface area (Å²) in [5.41, 5.74) is 3.38. The molecule has 36 heavy (non-hydrogen) atoms. The van der Waals surface area contributed by atoms with Gasteiger partial charge in [-0.15, -0.1) is 13.2 Å². The summed E-state index contributed by atoms with van der Waals surface area (Å²) >= 11 is 0. The summed E-state index contributed by atoms with van der Waals surface area (Å²) in [4.78, 5) is 8.85. The summed E-state index contributed by atoms with van der Waals surface area (Å²) in [5, 5.41) is 4.11. The van der Waals surface area contributed by atoms with Gasteiger partial charge in [0.2, 0.25) is 16.0 Å². The average molecular weight is 525 g/mol. The maximum atomic E-state index is 12.5. The van der Waals surface area contributed by atoms with Crippen LogP contribution in [0.2, 0.25) is 0 Å². The molecule has 9 nitrogen and oxygen atoms in total. The second-order valence-corrected chi connectivity index (χ2v) is 10.5. The van der Waals surface area contributed by atoms with Crippen molar-refractivity contribution in [1.82, 2.24) is 14.7 Å². The highest BCUT2D eigenvalue weighted by molar-refractivity contribution is 7.89. The number of nitrogen functional groups attached to an aromatic ring is 1. The van der Waals surface area contributed by atoms with E-state index >= 15 is 0 Å². The van der Waals surface area contributed by atoms with Crippen molar-refractivity contribution < 1.29 is 26.3 Å². The van der Waals surface area contributed by atoms with E-state index in [-0.39, 0.29) is 17.4 Å². The van der Waals surface area contributed by atoms with Gasteiger partial charge in [-0.05, 0) is 73.9 Å². The van der Waals surface area contributed by atoms with E-state index in [0.717, 1.165) is 60.9 Å². The molecule has 1 aliphatic rings. The number of hydrogen-bond donors (Lipinski definition) is 4. The fourth-order valence-corrected chi connectivity index (χ4v) is 5.39. The molecule has 1 aliphatic carbocycles. The zero-order valence-corrected chi connectivity index (χ0v) is 20.1. The second kappa shape index (κ2) is 10.8. The van der Waals surface area contributed by atoms with E-state index in [2.05, 4.69) is 30.2 Å². The summed E-state index contributed by atoms with van der Waals surface area (Å²) in [6.07, 6.45) is -1.31. The number of nitrogens with two attached hydrogens (primary N) is 1. The highest BCUT2D eigenvalue weighted by Gasteiger charge is 2.31. The van der Waals surface area contributed by atoms with E-state index in [1.54, 1.807) is 0 Å². The summed E-state index contributed by atoms with van der Waals surface area (Å²) in [5.74, 6) is 6.73. The molecule has 13 heteroatoms. The van der Waals surface area contributed by atoms with E-state index in [9.17, 15) is 21.6 Å². The molecule has 1 saturated carbocycles. The van der Waals surface area contributed by atoms with Crippen LogP contribution in [0.5, 0.6) is 5.75 Å². The Morgan fingerprint density at radius 1 is 0.944 bits per heavy atom. The van der Waals surface area contributed by atoms with Gasteiger partial charge in [-0.1, -0.05) is 12.1 Å². The average Bonchev–Trinajstić information content (AvgIpc) is 2.85. The quantitative estimate of drug-likeness (QED) is 0.244. The van der Waals surface area contributed by atoms with Crippen LogP contribution in [0.25, 0.3) is 10.9 Å². The molecule has 3 aromatic rings. The molecule has 2 aromatic carbocycles. The van der Waals surface area contributed by atoms with Gasteiger partial charge in [0.15, 0.2) is 5.82 Å². The number of nitrogens with zero attached hydrogens (tertiary/aromatic N) is 2. The van der Waals surface area contributed by atoms with Crippen LogP contribution >= 0.6 is 0 Å². The third-order valence-electron chi connectivity index (χ3n) is 6.18. The highest BCUT2D eigenvalue weighted by atomic mass is 32.2. The Bertz CT molecular complexity index is 1280. The topological polar surface area (TPSA) is 131 Å². The van der Waals surface area contributed by atoms with Crippen molar-refractivity contribution in [2.75, 3.05) is 23.8 Å². The molecule has 1 fully saturated rings. The number of alkyl halides is 3. The Morgan fingerprint density at radius 2 is 1.58 bits per heavy atom. The molecule has 0 bridgehead atoms. The van der Waals surface area contributed by atoms with Gasteiger partial charge in [0.25, 0.3) is 0 Å². The molecule has 0 spiro atoms. The smallest absolute Gasteiger partial charge is 0.406 e. The van der Waals surface area contributed by atoms with Gasteiger partial charge in [-0.2, -0.15) is 4.98 Å². The molecule has 0 unspecified atom stereocenters. The fraction of sp³-hybridized carbons (Fsp3) is 0.391. The molecule has 0 aliphatic heterocycles. The molecule has 5 N–H and O–H groups in total. The molecule has 1 aromatic heterocycles. The Kier molecular flexibility index (Phi) is 7.81. The van der Waals surface area contributed by atoms with Crippen LogP contribution in [-0.4, -0.2) is 37.8 Å². The van der Waals surface area contributed by atoms with Crippen molar-refractivity contribution in [2.45, 2.75) is 36.9 Å². The first-order valence-electron chi connectivity index (χ1n) is 11.5. The number of nitrogens with one attached hydrogen (secondary N) is 3. The zero-order chi connectivity index (χ0) is 25.8. The predicted octanol–water partition coefficient (Wildman–Crippen LogP) is 4.01. The number of anilines is 2. The first-order valence-corrected chi connectivity index (χ1v) is 12.9. The van der Waals surface area contributed by atoms with Crippen LogP contribution in [0.1, 0.15) is 25.7 Å². The first kappa shape index (κ1) is 25.9. The normalized spacial score (nSPS) is 18.7. The molecule has 194 valence electrons. The maximum Gasteiger partial charge on any atom is 0.573 e. The van der Waals surface area contributed by atoms with Crippen molar-refractivity contribution in [3.8, 4) is 5.75 Å². The van der Waals surface area contributed by atoms with E-state index in [1.165, 1.54) is 0 Å².